The Morgan fingerprint density at radius 2 is 1.97 bits per heavy atom. The number of anilines is 2. The molecule has 3 aliphatic rings. The number of ether oxygens (including phenoxy) is 1. The van der Waals surface area contributed by atoms with E-state index < -0.39 is 12.0 Å². The number of aromatic nitrogens is 1. The molecule has 188 valence electrons. The molecule has 0 radical (unpaired) electrons. The Hall–Kier alpha value is -2.64. The summed E-state index contributed by atoms with van der Waals surface area (Å²) in [6.07, 6.45) is 8.62. The molecule has 1 aromatic carbocycles. The quantitative estimate of drug-likeness (QED) is 0.494. The first-order valence-electron chi connectivity index (χ1n) is 13.3. The average Bonchev–Trinajstić information content (AvgIpc) is 3.57. The van der Waals surface area contributed by atoms with Gasteiger partial charge in [0, 0.05) is 56.3 Å². The number of carbonyl (C=O) groups is 1. The number of aliphatic carboxylic acids is 1. The average molecular weight is 479 g/mol. The molecule has 2 atom stereocenters. The van der Waals surface area contributed by atoms with Crippen LogP contribution in [0.1, 0.15) is 61.4 Å². The topological polar surface area (TPSA) is 77.9 Å². The van der Waals surface area contributed by atoms with E-state index in [2.05, 4.69) is 33.3 Å². The minimum Gasteiger partial charge on any atom is -0.480 e. The molecule has 2 fully saturated rings. The highest BCUT2D eigenvalue weighted by molar-refractivity contribution is 5.79. The van der Waals surface area contributed by atoms with E-state index >= 15 is 0 Å². The Kier molecular flexibility index (Phi) is 7.84. The molecule has 0 spiro atoms. The normalized spacial score (nSPS) is 21.0. The van der Waals surface area contributed by atoms with Crippen molar-refractivity contribution >= 4 is 17.5 Å². The minimum atomic E-state index is -0.774. The van der Waals surface area contributed by atoms with Gasteiger partial charge >= 0.3 is 5.97 Å². The molecule has 7 heteroatoms. The van der Waals surface area contributed by atoms with Crippen molar-refractivity contribution in [3.63, 3.8) is 0 Å². The van der Waals surface area contributed by atoms with E-state index in [4.69, 9.17) is 9.72 Å². The predicted molar refractivity (Wildman–Crippen MR) is 138 cm³/mol. The standard InChI is InChI=1S/C28H38N4O3/c33-28(34)26(24-10-1-2-11-25(24)31-16-4-5-17-31)32-18-14-23(20-32)35-19-6-3-9-22-13-12-21-8-7-15-29-27(21)30-22/h1-2,10-13,23,26H,3-9,14-20H2,(H,29,30)(H,33,34). The van der Waals surface area contributed by atoms with Crippen molar-refractivity contribution in [3.05, 3.63) is 53.2 Å². The molecular formula is C28H38N4O3. The summed E-state index contributed by atoms with van der Waals surface area (Å²) in [5.41, 5.74) is 4.46. The summed E-state index contributed by atoms with van der Waals surface area (Å²) in [6.45, 7) is 5.16. The summed E-state index contributed by atoms with van der Waals surface area (Å²) >= 11 is 0. The molecule has 3 aliphatic heterocycles. The molecule has 7 nitrogen and oxygen atoms in total. The monoisotopic (exact) mass is 478 g/mol. The summed E-state index contributed by atoms with van der Waals surface area (Å²) in [7, 11) is 0. The van der Waals surface area contributed by atoms with E-state index in [-0.39, 0.29) is 6.10 Å². The fourth-order valence-corrected chi connectivity index (χ4v) is 5.74. The van der Waals surface area contributed by atoms with Crippen molar-refractivity contribution in [2.24, 2.45) is 0 Å². The van der Waals surface area contributed by atoms with Crippen molar-refractivity contribution in [3.8, 4) is 0 Å². The lowest BCUT2D eigenvalue weighted by atomic mass is 10.0. The van der Waals surface area contributed by atoms with E-state index in [1.54, 1.807) is 0 Å². The fraction of sp³-hybridized carbons (Fsp3) is 0.571. The third-order valence-corrected chi connectivity index (χ3v) is 7.59. The number of nitrogens with one attached hydrogen (secondary N) is 1. The van der Waals surface area contributed by atoms with Crippen molar-refractivity contribution in [1.29, 1.82) is 0 Å². The molecule has 1 aromatic heterocycles. The Labute approximate surface area is 208 Å². The van der Waals surface area contributed by atoms with Crippen molar-refractivity contribution in [2.45, 2.75) is 63.5 Å². The summed E-state index contributed by atoms with van der Waals surface area (Å²) in [6, 6.07) is 11.8. The van der Waals surface area contributed by atoms with Crippen LogP contribution in [0.5, 0.6) is 0 Å². The van der Waals surface area contributed by atoms with Crippen LogP contribution in [0.25, 0.3) is 0 Å². The Bertz CT molecular complexity index is 1010. The largest absolute Gasteiger partial charge is 0.480 e. The number of rotatable bonds is 10. The lowest BCUT2D eigenvalue weighted by Crippen LogP contribution is -2.35. The number of hydrogen-bond acceptors (Lipinski definition) is 6. The Balaban J connectivity index is 1.10. The van der Waals surface area contributed by atoms with Gasteiger partial charge in [-0.1, -0.05) is 24.3 Å². The number of pyridine rings is 1. The second-order valence-electron chi connectivity index (χ2n) is 10.1. The molecule has 0 aliphatic carbocycles. The number of unbranched alkanes of at least 4 members (excludes halogenated alkanes) is 1. The van der Waals surface area contributed by atoms with Crippen LogP contribution in [0.2, 0.25) is 0 Å². The van der Waals surface area contributed by atoms with Gasteiger partial charge in [0.25, 0.3) is 0 Å². The smallest absolute Gasteiger partial charge is 0.325 e. The van der Waals surface area contributed by atoms with E-state index in [1.165, 1.54) is 24.8 Å². The number of para-hydroxylation sites is 1. The van der Waals surface area contributed by atoms with Gasteiger partial charge in [-0.3, -0.25) is 9.69 Å². The van der Waals surface area contributed by atoms with Crippen LogP contribution in [-0.2, 0) is 22.4 Å². The molecule has 0 saturated carbocycles. The van der Waals surface area contributed by atoms with Gasteiger partial charge in [0.15, 0.2) is 0 Å². The molecule has 2 unspecified atom stereocenters. The first-order valence-corrected chi connectivity index (χ1v) is 13.3. The van der Waals surface area contributed by atoms with Crippen LogP contribution in [0, 0.1) is 0 Å². The minimum absolute atomic E-state index is 0.0990. The van der Waals surface area contributed by atoms with Crippen LogP contribution < -0.4 is 10.2 Å². The maximum Gasteiger partial charge on any atom is 0.325 e. The highest BCUT2D eigenvalue weighted by Crippen LogP contribution is 2.34. The van der Waals surface area contributed by atoms with E-state index in [0.717, 1.165) is 81.0 Å². The van der Waals surface area contributed by atoms with Crippen molar-refractivity contribution in [1.82, 2.24) is 9.88 Å². The molecule has 2 aromatic rings. The zero-order valence-corrected chi connectivity index (χ0v) is 20.6. The number of carboxylic acid groups (broad SMARTS) is 1. The third-order valence-electron chi connectivity index (χ3n) is 7.59. The van der Waals surface area contributed by atoms with E-state index in [9.17, 15) is 9.90 Å². The molecule has 4 heterocycles. The number of benzene rings is 1. The number of likely N-dealkylation sites (tertiary alicyclic amines) is 1. The zero-order chi connectivity index (χ0) is 24.0. The lowest BCUT2D eigenvalue weighted by molar-refractivity contribution is -0.143. The second-order valence-corrected chi connectivity index (χ2v) is 10.1. The number of fused-ring (bicyclic) bond motifs is 1. The molecule has 5 rings (SSSR count). The first-order chi connectivity index (χ1) is 17.2. The predicted octanol–water partition coefficient (Wildman–Crippen LogP) is 4.28. The van der Waals surface area contributed by atoms with E-state index in [0.29, 0.717) is 13.2 Å². The Morgan fingerprint density at radius 1 is 1.11 bits per heavy atom. The number of hydrogen-bond donors (Lipinski definition) is 2. The van der Waals surface area contributed by atoms with Gasteiger partial charge in [-0.15, -0.1) is 0 Å². The summed E-state index contributed by atoms with van der Waals surface area (Å²) in [5, 5.41) is 13.6. The molecule has 0 amide bonds. The SMILES string of the molecule is O=C(O)C(c1ccccc1N1CCCC1)N1CCC(OCCCCc2ccc3c(n2)NCCC3)C1. The van der Waals surface area contributed by atoms with Gasteiger partial charge in [-0.25, -0.2) is 4.98 Å². The maximum atomic E-state index is 12.4. The summed E-state index contributed by atoms with van der Waals surface area (Å²) in [5.74, 6) is 0.291. The van der Waals surface area contributed by atoms with Gasteiger partial charge in [-0.05, 0) is 69.1 Å². The van der Waals surface area contributed by atoms with Gasteiger partial charge in [0.1, 0.15) is 11.9 Å². The Morgan fingerprint density at radius 3 is 2.83 bits per heavy atom. The second kappa shape index (κ2) is 11.4. The van der Waals surface area contributed by atoms with Crippen molar-refractivity contribution < 1.29 is 14.6 Å². The third kappa shape index (κ3) is 5.78. The summed E-state index contributed by atoms with van der Waals surface area (Å²) in [4.78, 5) is 21.6. The molecular weight excluding hydrogens is 440 g/mol. The van der Waals surface area contributed by atoms with E-state index in [1.807, 2.05) is 18.2 Å². The van der Waals surface area contributed by atoms with Crippen LogP contribution in [0.15, 0.2) is 36.4 Å². The lowest BCUT2D eigenvalue weighted by Gasteiger charge is -2.29. The van der Waals surface area contributed by atoms with Gasteiger partial charge < -0.3 is 20.1 Å². The number of aryl methyl sites for hydroxylation is 2. The van der Waals surface area contributed by atoms with Gasteiger partial charge in [0.05, 0.1) is 6.10 Å². The maximum absolute atomic E-state index is 12.4. The zero-order valence-electron chi connectivity index (χ0n) is 20.6. The van der Waals surface area contributed by atoms with Gasteiger partial charge in [-0.2, -0.15) is 0 Å². The van der Waals surface area contributed by atoms with Crippen LogP contribution in [-0.4, -0.2) is 66.4 Å². The highest BCUT2D eigenvalue weighted by Gasteiger charge is 2.36. The first kappa shape index (κ1) is 24.1. The van der Waals surface area contributed by atoms with Crippen LogP contribution in [0.4, 0.5) is 11.5 Å². The molecule has 35 heavy (non-hydrogen) atoms. The molecule has 2 N–H and O–H groups in total. The van der Waals surface area contributed by atoms with Crippen molar-refractivity contribution in [2.75, 3.05) is 49.5 Å². The fourth-order valence-electron chi connectivity index (χ4n) is 5.74. The number of nitrogens with zero attached hydrogens (tertiary/aromatic N) is 3. The molecule has 0 bridgehead atoms. The van der Waals surface area contributed by atoms with Gasteiger partial charge in [0.2, 0.25) is 0 Å². The highest BCUT2D eigenvalue weighted by atomic mass is 16.5. The summed E-state index contributed by atoms with van der Waals surface area (Å²) < 4.78 is 6.18. The van der Waals surface area contributed by atoms with Crippen LogP contribution in [0.3, 0.4) is 0 Å². The number of carboxylic acids is 1. The van der Waals surface area contributed by atoms with Crippen LogP contribution >= 0.6 is 0 Å². The molecule has 2 saturated heterocycles.